The van der Waals surface area contributed by atoms with E-state index in [1.54, 1.807) is 23.3 Å². The van der Waals surface area contributed by atoms with Crippen molar-refractivity contribution in [2.45, 2.75) is 19.3 Å². The first-order chi connectivity index (χ1) is 9.71. The Balaban J connectivity index is 1.74. The van der Waals surface area contributed by atoms with Crippen molar-refractivity contribution in [1.29, 1.82) is 0 Å². The number of hydrogen-bond acceptors (Lipinski definition) is 7. The molecule has 2 heterocycles. The Labute approximate surface area is 116 Å². The highest BCUT2D eigenvalue weighted by Crippen LogP contribution is 2.48. The number of nitrogen functional groups attached to an aromatic ring is 1. The molecule has 20 heavy (non-hydrogen) atoms. The molecule has 0 radical (unpaired) electrons. The van der Waals surface area contributed by atoms with Gasteiger partial charge in [-0.05, 0) is 24.7 Å². The molecule has 1 saturated carbocycles. The fourth-order valence-electron chi connectivity index (χ4n) is 2.15. The van der Waals surface area contributed by atoms with Gasteiger partial charge < -0.3 is 16.2 Å². The van der Waals surface area contributed by atoms with Crippen molar-refractivity contribution in [1.82, 2.24) is 24.5 Å². The maximum Gasteiger partial charge on any atom is 0.241 e. The van der Waals surface area contributed by atoms with Gasteiger partial charge in [-0.25, -0.2) is 4.98 Å². The van der Waals surface area contributed by atoms with E-state index < -0.39 is 0 Å². The van der Waals surface area contributed by atoms with Crippen LogP contribution in [0, 0.1) is 5.41 Å². The molecule has 0 unspecified atom stereocenters. The van der Waals surface area contributed by atoms with Gasteiger partial charge in [0.25, 0.3) is 0 Å². The second-order valence-electron chi connectivity index (χ2n) is 5.11. The lowest BCUT2D eigenvalue weighted by Gasteiger charge is -2.14. The van der Waals surface area contributed by atoms with Gasteiger partial charge in [0.1, 0.15) is 6.33 Å². The molecular weight excluding hydrogens is 258 g/mol. The van der Waals surface area contributed by atoms with Crippen LogP contribution in [-0.4, -0.2) is 42.8 Å². The van der Waals surface area contributed by atoms with E-state index in [1.165, 1.54) is 0 Å². The van der Waals surface area contributed by atoms with Crippen molar-refractivity contribution in [3.05, 3.63) is 18.7 Å². The third-order valence-electron chi connectivity index (χ3n) is 3.60. The number of nitrogens with one attached hydrogen (secondary N) is 1. The molecule has 1 aliphatic carbocycles. The second-order valence-corrected chi connectivity index (χ2v) is 5.11. The van der Waals surface area contributed by atoms with Crippen LogP contribution in [0.25, 0.3) is 5.95 Å². The smallest absolute Gasteiger partial charge is 0.241 e. The zero-order valence-corrected chi connectivity index (χ0v) is 11.0. The standard InChI is InChI=1S/C12H17N7O/c13-9-16-10(15-7-12(1-2-12)3-6-20)18-11(17-9)19-5-4-14-8-19/h4-5,8,20H,1-3,6-7H2,(H3,13,15,16,17,18). The van der Waals surface area contributed by atoms with Gasteiger partial charge in [0, 0.05) is 25.5 Å². The maximum absolute atomic E-state index is 9.05. The van der Waals surface area contributed by atoms with Crippen molar-refractivity contribution >= 4 is 11.9 Å². The van der Waals surface area contributed by atoms with Gasteiger partial charge in [-0.3, -0.25) is 4.57 Å². The van der Waals surface area contributed by atoms with Crippen molar-refractivity contribution in [2.24, 2.45) is 5.41 Å². The molecule has 0 aliphatic heterocycles. The van der Waals surface area contributed by atoms with Gasteiger partial charge in [0.15, 0.2) is 0 Å². The highest BCUT2D eigenvalue weighted by atomic mass is 16.3. The van der Waals surface area contributed by atoms with Gasteiger partial charge in [-0.15, -0.1) is 0 Å². The van der Waals surface area contributed by atoms with E-state index in [1.807, 2.05) is 0 Å². The number of nitrogens with zero attached hydrogens (tertiary/aromatic N) is 5. The number of anilines is 2. The summed E-state index contributed by atoms with van der Waals surface area (Å²) >= 11 is 0. The van der Waals surface area contributed by atoms with E-state index in [0.29, 0.717) is 11.9 Å². The first-order valence-corrected chi connectivity index (χ1v) is 6.55. The summed E-state index contributed by atoms with van der Waals surface area (Å²) in [7, 11) is 0. The Bertz CT molecular complexity index is 579. The van der Waals surface area contributed by atoms with E-state index in [0.717, 1.165) is 25.8 Å². The molecule has 0 aromatic carbocycles. The highest BCUT2D eigenvalue weighted by Gasteiger charge is 2.41. The van der Waals surface area contributed by atoms with Crippen LogP contribution in [-0.2, 0) is 0 Å². The molecule has 2 aromatic heterocycles. The molecule has 0 amide bonds. The Morgan fingerprint density at radius 3 is 2.85 bits per heavy atom. The fourth-order valence-corrected chi connectivity index (χ4v) is 2.15. The summed E-state index contributed by atoms with van der Waals surface area (Å²) in [6, 6.07) is 0. The summed E-state index contributed by atoms with van der Waals surface area (Å²) in [6.07, 6.45) is 8.03. The summed E-state index contributed by atoms with van der Waals surface area (Å²) < 4.78 is 1.67. The SMILES string of the molecule is Nc1nc(NCC2(CCO)CC2)nc(-n2ccnc2)n1. The molecule has 0 spiro atoms. The minimum Gasteiger partial charge on any atom is -0.396 e. The molecule has 0 saturated heterocycles. The summed E-state index contributed by atoms with van der Waals surface area (Å²) in [5, 5.41) is 12.2. The van der Waals surface area contributed by atoms with Crippen LogP contribution in [0.2, 0.25) is 0 Å². The average Bonchev–Trinajstić information content (AvgIpc) is 2.99. The lowest BCUT2D eigenvalue weighted by atomic mass is 10.0. The van der Waals surface area contributed by atoms with Crippen molar-refractivity contribution in [3.63, 3.8) is 0 Å². The summed E-state index contributed by atoms with van der Waals surface area (Å²) in [5.74, 6) is 1.05. The van der Waals surface area contributed by atoms with Gasteiger partial charge in [0.2, 0.25) is 17.8 Å². The van der Waals surface area contributed by atoms with Crippen LogP contribution in [0.1, 0.15) is 19.3 Å². The Morgan fingerprint density at radius 2 is 2.20 bits per heavy atom. The number of rotatable bonds is 6. The normalized spacial score (nSPS) is 16.1. The zero-order valence-electron chi connectivity index (χ0n) is 11.0. The second kappa shape index (κ2) is 5.04. The molecular formula is C12H17N7O. The lowest BCUT2D eigenvalue weighted by Crippen LogP contribution is -2.19. The number of imidazole rings is 1. The quantitative estimate of drug-likeness (QED) is 0.690. The molecule has 1 aliphatic rings. The van der Waals surface area contributed by atoms with Crippen molar-refractivity contribution in [2.75, 3.05) is 24.2 Å². The average molecular weight is 275 g/mol. The number of aliphatic hydroxyl groups is 1. The van der Waals surface area contributed by atoms with Crippen LogP contribution in [0.4, 0.5) is 11.9 Å². The minimum absolute atomic E-state index is 0.165. The maximum atomic E-state index is 9.05. The first kappa shape index (κ1) is 12.8. The largest absolute Gasteiger partial charge is 0.396 e. The molecule has 0 atom stereocenters. The molecule has 106 valence electrons. The van der Waals surface area contributed by atoms with Gasteiger partial charge in [-0.1, -0.05) is 0 Å². The number of aliphatic hydroxyl groups excluding tert-OH is 1. The van der Waals surface area contributed by atoms with Crippen LogP contribution < -0.4 is 11.1 Å². The fraction of sp³-hybridized carbons (Fsp3) is 0.500. The molecule has 0 bridgehead atoms. The molecule has 1 fully saturated rings. The van der Waals surface area contributed by atoms with Crippen molar-refractivity contribution < 1.29 is 5.11 Å². The van der Waals surface area contributed by atoms with Crippen molar-refractivity contribution in [3.8, 4) is 5.95 Å². The van der Waals surface area contributed by atoms with Gasteiger partial charge in [0.05, 0.1) is 0 Å². The van der Waals surface area contributed by atoms with Crippen LogP contribution >= 0.6 is 0 Å². The molecule has 4 N–H and O–H groups in total. The third kappa shape index (κ3) is 2.69. The molecule has 2 aromatic rings. The van der Waals surface area contributed by atoms with Crippen LogP contribution in [0.3, 0.4) is 0 Å². The predicted octanol–water partition coefficient (Wildman–Crippen LogP) is 0.214. The number of aromatic nitrogens is 5. The Morgan fingerprint density at radius 1 is 1.35 bits per heavy atom. The van der Waals surface area contributed by atoms with E-state index in [9.17, 15) is 0 Å². The number of nitrogens with two attached hydrogens (primary N) is 1. The topological polar surface area (TPSA) is 115 Å². The molecule has 8 nitrogen and oxygen atoms in total. The highest BCUT2D eigenvalue weighted by molar-refractivity contribution is 5.35. The zero-order chi connectivity index (χ0) is 14.0. The molecule has 8 heteroatoms. The Kier molecular flexibility index (Phi) is 3.23. The van der Waals surface area contributed by atoms with Crippen LogP contribution in [0.15, 0.2) is 18.7 Å². The van der Waals surface area contributed by atoms with Crippen LogP contribution in [0.5, 0.6) is 0 Å². The predicted molar refractivity (Wildman–Crippen MR) is 73.2 cm³/mol. The van der Waals surface area contributed by atoms with E-state index in [-0.39, 0.29) is 18.0 Å². The first-order valence-electron chi connectivity index (χ1n) is 6.55. The summed E-state index contributed by atoms with van der Waals surface area (Å²) in [5.41, 5.74) is 5.89. The van der Waals surface area contributed by atoms with Gasteiger partial charge >= 0.3 is 0 Å². The summed E-state index contributed by atoms with van der Waals surface area (Å²) in [4.78, 5) is 16.4. The van der Waals surface area contributed by atoms with E-state index >= 15 is 0 Å². The lowest BCUT2D eigenvalue weighted by molar-refractivity contribution is 0.253. The third-order valence-corrected chi connectivity index (χ3v) is 3.60. The van der Waals surface area contributed by atoms with Gasteiger partial charge in [-0.2, -0.15) is 15.0 Å². The number of hydrogen-bond donors (Lipinski definition) is 3. The monoisotopic (exact) mass is 275 g/mol. The molecule has 3 rings (SSSR count). The van der Waals surface area contributed by atoms with E-state index in [4.69, 9.17) is 10.8 Å². The summed E-state index contributed by atoms with van der Waals surface area (Å²) in [6.45, 7) is 0.946. The Hall–Kier alpha value is -2.22. The minimum atomic E-state index is 0.165. The van der Waals surface area contributed by atoms with E-state index in [2.05, 4.69) is 25.3 Å².